The SMILES string of the molecule is CS(=O)(=O)c1ccc(C(O)CNCC2CC(O)C2)cc1. The van der Waals surface area contributed by atoms with Gasteiger partial charge in [-0.3, -0.25) is 0 Å². The van der Waals surface area contributed by atoms with Gasteiger partial charge in [0, 0.05) is 12.8 Å². The van der Waals surface area contributed by atoms with Crippen LogP contribution in [0.1, 0.15) is 24.5 Å². The zero-order valence-electron chi connectivity index (χ0n) is 11.5. The van der Waals surface area contributed by atoms with E-state index in [1.165, 1.54) is 12.1 Å². The van der Waals surface area contributed by atoms with Crippen molar-refractivity contribution in [2.45, 2.75) is 29.9 Å². The van der Waals surface area contributed by atoms with Crippen molar-refractivity contribution in [1.82, 2.24) is 5.32 Å². The molecule has 0 aliphatic heterocycles. The van der Waals surface area contributed by atoms with Gasteiger partial charge in [0.05, 0.1) is 17.1 Å². The summed E-state index contributed by atoms with van der Waals surface area (Å²) in [6.45, 7) is 1.21. The van der Waals surface area contributed by atoms with E-state index in [1.54, 1.807) is 12.1 Å². The van der Waals surface area contributed by atoms with Crippen molar-refractivity contribution in [3.8, 4) is 0 Å². The van der Waals surface area contributed by atoms with Crippen molar-refractivity contribution in [3.05, 3.63) is 29.8 Å². The van der Waals surface area contributed by atoms with Gasteiger partial charge in [0.2, 0.25) is 0 Å². The lowest BCUT2D eigenvalue weighted by molar-refractivity contribution is 0.0415. The Morgan fingerprint density at radius 2 is 1.90 bits per heavy atom. The molecule has 1 aliphatic rings. The van der Waals surface area contributed by atoms with E-state index in [4.69, 9.17) is 0 Å². The number of aliphatic hydroxyl groups is 2. The third-order valence-corrected chi connectivity index (χ3v) is 4.80. The molecule has 1 unspecified atom stereocenters. The predicted molar refractivity (Wildman–Crippen MR) is 76.1 cm³/mol. The molecule has 112 valence electrons. The minimum atomic E-state index is -3.20. The first-order valence-electron chi connectivity index (χ1n) is 6.73. The number of sulfone groups is 1. The van der Waals surface area contributed by atoms with Gasteiger partial charge >= 0.3 is 0 Å². The second kappa shape index (κ2) is 6.22. The second-order valence-electron chi connectivity index (χ2n) is 5.51. The number of aliphatic hydroxyl groups excluding tert-OH is 2. The summed E-state index contributed by atoms with van der Waals surface area (Å²) in [4.78, 5) is 0.255. The highest BCUT2D eigenvalue weighted by Gasteiger charge is 2.26. The molecular formula is C14H21NO4S. The van der Waals surface area contributed by atoms with Gasteiger partial charge in [-0.1, -0.05) is 12.1 Å². The Balaban J connectivity index is 1.81. The normalized spacial score (nSPS) is 24.1. The van der Waals surface area contributed by atoms with Crippen LogP contribution in [0.3, 0.4) is 0 Å². The van der Waals surface area contributed by atoms with E-state index in [1.807, 2.05) is 0 Å². The van der Waals surface area contributed by atoms with Crippen molar-refractivity contribution >= 4 is 9.84 Å². The van der Waals surface area contributed by atoms with Crippen molar-refractivity contribution in [2.24, 2.45) is 5.92 Å². The lowest BCUT2D eigenvalue weighted by atomic mass is 9.82. The maximum absolute atomic E-state index is 11.3. The van der Waals surface area contributed by atoms with Crippen molar-refractivity contribution in [2.75, 3.05) is 19.3 Å². The molecule has 1 aromatic rings. The molecule has 20 heavy (non-hydrogen) atoms. The summed E-state index contributed by atoms with van der Waals surface area (Å²) in [6, 6.07) is 6.29. The monoisotopic (exact) mass is 299 g/mol. The molecule has 3 N–H and O–H groups in total. The van der Waals surface area contributed by atoms with Gasteiger partial charge in [0.1, 0.15) is 0 Å². The zero-order valence-corrected chi connectivity index (χ0v) is 12.3. The van der Waals surface area contributed by atoms with Crippen molar-refractivity contribution < 1.29 is 18.6 Å². The Hall–Kier alpha value is -0.950. The Labute approximate surface area is 119 Å². The van der Waals surface area contributed by atoms with Crippen LogP contribution in [0.4, 0.5) is 0 Å². The molecule has 5 nitrogen and oxygen atoms in total. The van der Waals surface area contributed by atoms with Gasteiger partial charge in [0.15, 0.2) is 9.84 Å². The van der Waals surface area contributed by atoms with E-state index in [0.717, 1.165) is 25.6 Å². The quantitative estimate of drug-likeness (QED) is 0.711. The molecule has 0 radical (unpaired) electrons. The Morgan fingerprint density at radius 3 is 2.40 bits per heavy atom. The minimum Gasteiger partial charge on any atom is -0.393 e. The lowest BCUT2D eigenvalue weighted by Crippen LogP contribution is -2.37. The van der Waals surface area contributed by atoms with Gasteiger partial charge in [-0.15, -0.1) is 0 Å². The molecule has 1 saturated carbocycles. The maximum Gasteiger partial charge on any atom is 0.175 e. The summed E-state index contributed by atoms with van der Waals surface area (Å²) < 4.78 is 22.7. The summed E-state index contributed by atoms with van der Waals surface area (Å²) in [5.41, 5.74) is 0.693. The molecule has 1 fully saturated rings. The first kappa shape index (κ1) is 15.4. The van der Waals surface area contributed by atoms with E-state index >= 15 is 0 Å². The third-order valence-electron chi connectivity index (χ3n) is 3.67. The standard InChI is InChI=1S/C14H21NO4S/c1-20(18,19)13-4-2-11(3-5-13)14(17)9-15-8-10-6-12(16)7-10/h2-5,10,12,14-17H,6-9H2,1H3. The van der Waals surface area contributed by atoms with Gasteiger partial charge in [-0.2, -0.15) is 0 Å². The summed E-state index contributed by atoms with van der Waals surface area (Å²) in [5, 5.41) is 22.4. The Morgan fingerprint density at radius 1 is 1.30 bits per heavy atom. The second-order valence-corrected chi connectivity index (χ2v) is 7.52. The average Bonchev–Trinajstić information content (AvgIpc) is 2.35. The van der Waals surface area contributed by atoms with E-state index in [0.29, 0.717) is 18.0 Å². The van der Waals surface area contributed by atoms with Crippen LogP contribution in [-0.2, 0) is 9.84 Å². The van der Waals surface area contributed by atoms with E-state index < -0.39 is 15.9 Å². The minimum absolute atomic E-state index is 0.157. The highest BCUT2D eigenvalue weighted by Crippen LogP contribution is 2.26. The zero-order chi connectivity index (χ0) is 14.8. The lowest BCUT2D eigenvalue weighted by Gasteiger charge is -2.31. The van der Waals surface area contributed by atoms with E-state index in [9.17, 15) is 18.6 Å². The third kappa shape index (κ3) is 4.02. The smallest absolute Gasteiger partial charge is 0.175 e. The fraction of sp³-hybridized carbons (Fsp3) is 0.571. The van der Waals surface area contributed by atoms with Crippen LogP contribution in [0.15, 0.2) is 29.2 Å². The van der Waals surface area contributed by atoms with Gasteiger partial charge in [0.25, 0.3) is 0 Å². The molecular weight excluding hydrogens is 278 g/mol. The highest BCUT2D eigenvalue weighted by molar-refractivity contribution is 7.90. The van der Waals surface area contributed by atoms with Gasteiger partial charge in [-0.25, -0.2) is 8.42 Å². The number of hydrogen-bond acceptors (Lipinski definition) is 5. The van der Waals surface area contributed by atoms with Crippen molar-refractivity contribution in [1.29, 1.82) is 0 Å². The first-order valence-corrected chi connectivity index (χ1v) is 8.62. The average molecular weight is 299 g/mol. The van der Waals surface area contributed by atoms with Crippen LogP contribution in [0.2, 0.25) is 0 Å². The van der Waals surface area contributed by atoms with Crippen molar-refractivity contribution in [3.63, 3.8) is 0 Å². The first-order chi connectivity index (χ1) is 9.36. The van der Waals surface area contributed by atoms with E-state index in [2.05, 4.69) is 5.32 Å². The topological polar surface area (TPSA) is 86.6 Å². The fourth-order valence-electron chi connectivity index (χ4n) is 2.35. The summed E-state index contributed by atoms with van der Waals surface area (Å²) in [7, 11) is -3.20. The Kier molecular flexibility index (Phi) is 4.80. The van der Waals surface area contributed by atoms with Crippen LogP contribution in [-0.4, -0.2) is 44.1 Å². The molecule has 0 saturated heterocycles. The van der Waals surface area contributed by atoms with Gasteiger partial charge in [-0.05, 0) is 43.0 Å². The summed E-state index contributed by atoms with van der Waals surface area (Å²) >= 11 is 0. The highest BCUT2D eigenvalue weighted by atomic mass is 32.2. The fourth-order valence-corrected chi connectivity index (χ4v) is 2.98. The predicted octanol–water partition coefficient (Wildman–Crippen LogP) is 0.484. The molecule has 0 heterocycles. The summed E-state index contributed by atoms with van der Waals surface area (Å²) in [6.07, 6.45) is 1.99. The maximum atomic E-state index is 11.3. The van der Waals surface area contributed by atoms with Crippen LogP contribution >= 0.6 is 0 Å². The molecule has 2 rings (SSSR count). The number of benzene rings is 1. The Bertz CT molecular complexity index is 535. The number of nitrogens with one attached hydrogen (secondary N) is 1. The van der Waals surface area contributed by atoms with E-state index in [-0.39, 0.29) is 11.0 Å². The molecule has 0 amide bonds. The van der Waals surface area contributed by atoms with Crippen LogP contribution in [0, 0.1) is 5.92 Å². The number of rotatable bonds is 6. The molecule has 0 aromatic heterocycles. The molecule has 1 atom stereocenters. The van der Waals surface area contributed by atoms with Gasteiger partial charge < -0.3 is 15.5 Å². The molecule has 0 bridgehead atoms. The summed E-state index contributed by atoms with van der Waals surface area (Å²) in [5.74, 6) is 0.491. The molecule has 0 spiro atoms. The molecule has 1 aliphatic carbocycles. The molecule has 1 aromatic carbocycles. The largest absolute Gasteiger partial charge is 0.393 e. The van der Waals surface area contributed by atoms with Crippen LogP contribution in [0.5, 0.6) is 0 Å². The van der Waals surface area contributed by atoms with Crippen LogP contribution < -0.4 is 5.32 Å². The molecule has 6 heteroatoms. The number of hydrogen-bond donors (Lipinski definition) is 3. The van der Waals surface area contributed by atoms with Crippen LogP contribution in [0.25, 0.3) is 0 Å².